The molecule has 0 radical (unpaired) electrons. The molecule has 2 aromatic carbocycles. The molecular formula is C18H21O4P. The summed E-state index contributed by atoms with van der Waals surface area (Å²) in [6, 6.07) is 18.6. The Balaban J connectivity index is 1.98. The van der Waals surface area contributed by atoms with E-state index in [1.807, 2.05) is 36.4 Å². The van der Waals surface area contributed by atoms with Gasteiger partial charge in [0.15, 0.2) is 0 Å². The molecule has 122 valence electrons. The highest BCUT2D eigenvalue weighted by atomic mass is 31.2. The van der Waals surface area contributed by atoms with Gasteiger partial charge in [-0.25, -0.2) is 0 Å². The van der Waals surface area contributed by atoms with Crippen molar-refractivity contribution in [2.24, 2.45) is 5.92 Å². The monoisotopic (exact) mass is 332 g/mol. The van der Waals surface area contributed by atoms with E-state index in [-0.39, 0.29) is 12.3 Å². The van der Waals surface area contributed by atoms with Gasteiger partial charge in [0.05, 0.1) is 5.92 Å². The minimum Gasteiger partial charge on any atom is -0.481 e. The highest BCUT2D eigenvalue weighted by Crippen LogP contribution is 2.46. The summed E-state index contributed by atoms with van der Waals surface area (Å²) in [5.41, 5.74) is 1.79. The summed E-state index contributed by atoms with van der Waals surface area (Å²) >= 11 is 0. The molecule has 23 heavy (non-hydrogen) atoms. The Hall–Kier alpha value is -1.90. The zero-order valence-corrected chi connectivity index (χ0v) is 13.7. The Morgan fingerprint density at radius 1 is 0.957 bits per heavy atom. The van der Waals surface area contributed by atoms with Crippen LogP contribution in [0.2, 0.25) is 0 Å². The first kappa shape index (κ1) is 17.5. The molecule has 2 aromatic rings. The summed E-state index contributed by atoms with van der Waals surface area (Å²) in [5, 5.41) is 9.35. The van der Waals surface area contributed by atoms with Gasteiger partial charge < -0.3 is 10.00 Å². The van der Waals surface area contributed by atoms with Crippen molar-refractivity contribution in [3.05, 3.63) is 71.8 Å². The van der Waals surface area contributed by atoms with Gasteiger partial charge in [0.1, 0.15) is 0 Å². The van der Waals surface area contributed by atoms with Crippen LogP contribution in [-0.2, 0) is 21.9 Å². The predicted molar refractivity (Wildman–Crippen MR) is 90.7 cm³/mol. The van der Waals surface area contributed by atoms with Crippen LogP contribution in [0, 0.1) is 5.92 Å². The first-order chi connectivity index (χ1) is 11.0. The standard InChI is InChI=1S/C18H21O4P/c19-18(20)17(12-11-15-7-3-1-4-8-15)14-23(21,22)13-16-9-5-2-6-10-16/h1-10,17H,11-14H2,(H,19,20)(H,21,22). The van der Waals surface area contributed by atoms with E-state index in [0.29, 0.717) is 12.8 Å². The number of carboxylic acid groups (broad SMARTS) is 1. The van der Waals surface area contributed by atoms with Crippen molar-refractivity contribution < 1.29 is 19.4 Å². The van der Waals surface area contributed by atoms with Gasteiger partial charge in [-0.05, 0) is 24.0 Å². The molecule has 0 aromatic heterocycles. The van der Waals surface area contributed by atoms with E-state index >= 15 is 0 Å². The molecule has 2 N–H and O–H groups in total. The van der Waals surface area contributed by atoms with E-state index in [4.69, 9.17) is 0 Å². The Morgan fingerprint density at radius 3 is 2.00 bits per heavy atom. The van der Waals surface area contributed by atoms with Gasteiger partial charge in [0.2, 0.25) is 7.37 Å². The van der Waals surface area contributed by atoms with Crippen LogP contribution in [0.5, 0.6) is 0 Å². The minimum absolute atomic E-state index is 0.0168. The maximum absolute atomic E-state index is 12.4. The Morgan fingerprint density at radius 2 is 1.48 bits per heavy atom. The third-order valence-corrected chi connectivity index (χ3v) is 5.62. The van der Waals surface area contributed by atoms with E-state index < -0.39 is 19.3 Å². The van der Waals surface area contributed by atoms with Crippen LogP contribution in [-0.4, -0.2) is 22.1 Å². The van der Waals surface area contributed by atoms with Crippen molar-refractivity contribution in [1.82, 2.24) is 0 Å². The molecule has 0 fully saturated rings. The zero-order valence-electron chi connectivity index (χ0n) is 12.8. The largest absolute Gasteiger partial charge is 0.481 e. The Labute approximate surface area is 136 Å². The summed E-state index contributed by atoms with van der Waals surface area (Å²) < 4.78 is 12.4. The molecule has 4 nitrogen and oxygen atoms in total. The van der Waals surface area contributed by atoms with Gasteiger partial charge in [0.25, 0.3) is 0 Å². The van der Waals surface area contributed by atoms with E-state index in [1.165, 1.54) is 0 Å². The van der Waals surface area contributed by atoms with Gasteiger partial charge in [-0.1, -0.05) is 60.7 Å². The number of rotatable bonds is 8. The van der Waals surface area contributed by atoms with Gasteiger partial charge >= 0.3 is 5.97 Å². The smallest absolute Gasteiger partial charge is 0.307 e. The summed E-state index contributed by atoms with van der Waals surface area (Å²) in [7, 11) is -3.53. The lowest BCUT2D eigenvalue weighted by Crippen LogP contribution is -2.19. The fraction of sp³-hybridized carbons (Fsp3) is 0.278. The van der Waals surface area contributed by atoms with Crippen LogP contribution in [0.3, 0.4) is 0 Å². The maximum atomic E-state index is 12.4. The first-order valence-corrected chi connectivity index (χ1v) is 9.61. The van der Waals surface area contributed by atoms with Crippen molar-refractivity contribution >= 4 is 13.3 Å². The number of carbonyl (C=O) groups is 1. The van der Waals surface area contributed by atoms with Crippen LogP contribution in [0.25, 0.3) is 0 Å². The van der Waals surface area contributed by atoms with E-state index in [1.54, 1.807) is 24.3 Å². The first-order valence-electron chi connectivity index (χ1n) is 7.58. The number of hydrogen-bond donors (Lipinski definition) is 2. The number of carboxylic acids is 1. The Kier molecular flexibility index (Phi) is 6.14. The average molecular weight is 332 g/mol. The predicted octanol–water partition coefficient (Wildman–Crippen LogP) is 3.79. The van der Waals surface area contributed by atoms with Crippen LogP contribution >= 0.6 is 7.37 Å². The molecule has 0 aliphatic rings. The van der Waals surface area contributed by atoms with Crippen molar-refractivity contribution in [2.75, 3.05) is 6.16 Å². The molecule has 0 bridgehead atoms. The van der Waals surface area contributed by atoms with Crippen molar-refractivity contribution in [3.63, 3.8) is 0 Å². The molecule has 2 atom stereocenters. The summed E-state index contributed by atoms with van der Waals surface area (Å²) in [4.78, 5) is 21.6. The van der Waals surface area contributed by atoms with Gasteiger partial charge in [-0.2, -0.15) is 0 Å². The second kappa shape index (κ2) is 8.09. The summed E-state index contributed by atoms with van der Waals surface area (Å²) in [5.74, 6) is -1.82. The second-order valence-electron chi connectivity index (χ2n) is 5.73. The minimum atomic E-state index is -3.53. The van der Waals surface area contributed by atoms with Crippen LogP contribution < -0.4 is 0 Å². The molecule has 2 unspecified atom stereocenters. The molecule has 0 saturated carbocycles. The molecule has 0 aliphatic carbocycles. The number of aryl methyl sites for hydroxylation is 1. The van der Waals surface area contributed by atoms with E-state index in [9.17, 15) is 19.4 Å². The third kappa shape index (κ3) is 6.01. The highest BCUT2D eigenvalue weighted by molar-refractivity contribution is 7.57. The lowest BCUT2D eigenvalue weighted by Gasteiger charge is -2.17. The molecular weight excluding hydrogens is 311 g/mol. The average Bonchev–Trinajstić information content (AvgIpc) is 2.52. The lowest BCUT2D eigenvalue weighted by molar-refractivity contribution is -0.141. The van der Waals surface area contributed by atoms with Crippen molar-refractivity contribution in [1.29, 1.82) is 0 Å². The maximum Gasteiger partial charge on any atom is 0.307 e. The molecule has 0 amide bonds. The molecule has 0 heterocycles. The third-order valence-electron chi connectivity index (χ3n) is 3.75. The fourth-order valence-corrected chi connectivity index (χ4v) is 4.49. The molecule has 0 saturated heterocycles. The summed E-state index contributed by atoms with van der Waals surface area (Å²) in [6.07, 6.45) is 0.773. The SMILES string of the molecule is O=C(O)C(CCc1ccccc1)CP(=O)(O)Cc1ccccc1. The number of hydrogen-bond acceptors (Lipinski definition) is 2. The molecule has 2 rings (SSSR count). The van der Waals surface area contributed by atoms with Gasteiger partial charge in [-0.15, -0.1) is 0 Å². The topological polar surface area (TPSA) is 74.6 Å². The van der Waals surface area contributed by atoms with E-state index in [2.05, 4.69) is 0 Å². The van der Waals surface area contributed by atoms with Crippen molar-refractivity contribution in [3.8, 4) is 0 Å². The van der Waals surface area contributed by atoms with Gasteiger partial charge in [-0.3, -0.25) is 9.36 Å². The number of aliphatic carboxylic acids is 1. The van der Waals surface area contributed by atoms with Crippen LogP contribution in [0.15, 0.2) is 60.7 Å². The fourth-order valence-electron chi connectivity index (χ4n) is 2.56. The molecule has 0 aliphatic heterocycles. The molecule has 0 spiro atoms. The van der Waals surface area contributed by atoms with Crippen LogP contribution in [0.4, 0.5) is 0 Å². The second-order valence-corrected chi connectivity index (χ2v) is 8.11. The molecule has 5 heteroatoms. The number of benzene rings is 2. The summed E-state index contributed by atoms with van der Waals surface area (Å²) in [6.45, 7) is 0. The quantitative estimate of drug-likeness (QED) is 0.721. The normalized spacial score (nSPS) is 14.8. The highest BCUT2D eigenvalue weighted by Gasteiger charge is 2.28. The van der Waals surface area contributed by atoms with E-state index in [0.717, 1.165) is 11.1 Å². The van der Waals surface area contributed by atoms with Crippen LogP contribution in [0.1, 0.15) is 17.5 Å². The Bertz CT molecular complexity index is 670. The van der Waals surface area contributed by atoms with Gasteiger partial charge in [0, 0.05) is 12.3 Å². The lowest BCUT2D eigenvalue weighted by atomic mass is 10.0. The zero-order chi connectivity index (χ0) is 16.7. The van der Waals surface area contributed by atoms with Crippen molar-refractivity contribution in [2.45, 2.75) is 19.0 Å².